The maximum atomic E-state index is 13.4. The molecule has 3 aromatic carbocycles. The molecule has 3 aromatic rings. The first-order valence-electron chi connectivity index (χ1n) is 14.7. The van der Waals surface area contributed by atoms with E-state index in [-0.39, 0.29) is 36.5 Å². The molecule has 0 aliphatic carbocycles. The number of ether oxygens (including phenoxy) is 2. The first-order chi connectivity index (χ1) is 21.4. The molecule has 246 valence electrons. The number of esters is 3. The van der Waals surface area contributed by atoms with Crippen LogP contribution < -0.4 is 10.1 Å². The zero-order valence-electron chi connectivity index (χ0n) is 25.6. The SMILES string of the molecule is CCC1(c2cccc(OC(=O)c3ccccc3C(=O)N[C@@H](Cc3ccccc3)C(=O)OC(=O)C(F)(F)F)c2)CCCCN(C)C1.S. The van der Waals surface area contributed by atoms with Crippen LogP contribution in [0.2, 0.25) is 0 Å². The summed E-state index contributed by atoms with van der Waals surface area (Å²) < 4.78 is 48.1. The van der Waals surface area contributed by atoms with Gasteiger partial charge in [-0.15, -0.1) is 0 Å². The lowest BCUT2D eigenvalue weighted by Crippen LogP contribution is -2.45. The van der Waals surface area contributed by atoms with Gasteiger partial charge in [0, 0.05) is 18.4 Å². The molecular formula is C34H37F3N2O6S. The summed E-state index contributed by atoms with van der Waals surface area (Å²) in [4.78, 5) is 53.1. The van der Waals surface area contributed by atoms with Gasteiger partial charge in [0.05, 0.1) is 11.1 Å². The Labute approximate surface area is 272 Å². The van der Waals surface area contributed by atoms with Gasteiger partial charge in [-0.3, -0.25) is 4.79 Å². The number of benzene rings is 3. The Balaban J connectivity index is 0.00000576. The number of hydrogen-bond acceptors (Lipinski definition) is 7. The van der Waals surface area contributed by atoms with Crippen LogP contribution in [0, 0.1) is 0 Å². The topological polar surface area (TPSA) is 102 Å². The molecule has 1 N–H and O–H groups in total. The van der Waals surface area contributed by atoms with E-state index < -0.39 is 36.0 Å². The highest BCUT2D eigenvalue weighted by atomic mass is 32.1. The number of halogens is 3. The first-order valence-corrected chi connectivity index (χ1v) is 14.7. The average Bonchev–Trinajstić information content (AvgIpc) is 3.22. The normalized spacial score (nSPS) is 17.5. The molecule has 2 atom stereocenters. The number of likely N-dealkylation sites (tertiary alicyclic amines) is 1. The second-order valence-corrected chi connectivity index (χ2v) is 11.2. The van der Waals surface area contributed by atoms with Crippen LogP contribution in [0.5, 0.6) is 5.75 Å². The average molecular weight is 659 g/mol. The smallest absolute Gasteiger partial charge is 0.423 e. The van der Waals surface area contributed by atoms with Gasteiger partial charge in [0.1, 0.15) is 11.8 Å². The zero-order chi connectivity index (χ0) is 32.6. The Morgan fingerprint density at radius 3 is 2.28 bits per heavy atom. The number of alkyl halides is 3. The van der Waals surface area contributed by atoms with Crippen molar-refractivity contribution in [2.24, 2.45) is 0 Å². The van der Waals surface area contributed by atoms with Crippen molar-refractivity contribution in [1.82, 2.24) is 10.2 Å². The second-order valence-electron chi connectivity index (χ2n) is 11.2. The van der Waals surface area contributed by atoms with E-state index in [1.807, 2.05) is 18.2 Å². The molecule has 46 heavy (non-hydrogen) atoms. The number of rotatable bonds is 9. The monoisotopic (exact) mass is 658 g/mol. The third-order valence-electron chi connectivity index (χ3n) is 8.04. The molecule has 0 radical (unpaired) electrons. The number of nitrogens with one attached hydrogen (secondary N) is 1. The Hall–Kier alpha value is -4.16. The quantitative estimate of drug-likeness (QED) is 0.177. The summed E-state index contributed by atoms with van der Waals surface area (Å²) >= 11 is 0. The molecule has 1 aliphatic heterocycles. The third kappa shape index (κ3) is 9.20. The molecule has 1 aliphatic rings. The maximum absolute atomic E-state index is 13.4. The summed E-state index contributed by atoms with van der Waals surface area (Å²) in [6.45, 7) is 4.02. The van der Waals surface area contributed by atoms with Crippen LogP contribution in [0.25, 0.3) is 0 Å². The van der Waals surface area contributed by atoms with E-state index >= 15 is 0 Å². The molecule has 0 aromatic heterocycles. The minimum Gasteiger partial charge on any atom is -0.423 e. The molecule has 8 nitrogen and oxygen atoms in total. The number of carbonyl (C=O) groups excluding carboxylic acids is 4. The van der Waals surface area contributed by atoms with E-state index in [1.54, 1.807) is 36.4 Å². The fraction of sp³-hybridized carbons (Fsp3) is 0.353. The summed E-state index contributed by atoms with van der Waals surface area (Å²) in [6.07, 6.45) is -1.60. The largest absolute Gasteiger partial charge is 0.491 e. The molecule has 12 heteroatoms. The minimum atomic E-state index is -5.41. The second kappa shape index (κ2) is 15.9. The van der Waals surface area contributed by atoms with Gasteiger partial charge in [0.25, 0.3) is 5.91 Å². The number of likely N-dealkylation sites (N-methyl/N-ethyl adjacent to an activating group) is 1. The van der Waals surface area contributed by atoms with Gasteiger partial charge in [0.15, 0.2) is 0 Å². The van der Waals surface area contributed by atoms with Crippen LogP contribution in [0.1, 0.15) is 64.4 Å². The zero-order valence-corrected chi connectivity index (χ0v) is 26.6. The highest BCUT2D eigenvalue weighted by Gasteiger charge is 2.43. The number of hydrogen-bond donors (Lipinski definition) is 1. The number of carbonyl (C=O) groups is 4. The third-order valence-corrected chi connectivity index (χ3v) is 8.04. The lowest BCUT2D eigenvalue weighted by molar-refractivity contribution is -0.202. The summed E-state index contributed by atoms with van der Waals surface area (Å²) in [5, 5.41) is 2.33. The van der Waals surface area contributed by atoms with Crippen molar-refractivity contribution < 1.29 is 41.8 Å². The van der Waals surface area contributed by atoms with Crippen LogP contribution >= 0.6 is 13.5 Å². The van der Waals surface area contributed by atoms with Crippen molar-refractivity contribution in [3.8, 4) is 5.75 Å². The van der Waals surface area contributed by atoms with E-state index in [0.717, 1.165) is 44.3 Å². The van der Waals surface area contributed by atoms with E-state index in [2.05, 4.69) is 28.9 Å². The highest BCUT2D eigenvalue weighted by Crippen LogP contribution is 2.37. The van der Waals surface area contributed by atoms with Crippen molar-refractivity contribution in [2.75, 3.05) is 20.1 Å². The molecule has 1 amide bonds. The van der Waals surface area contributed by atoms with Crippen molar-refractivity contribution >= 4 is 37.3 Å². The van der Waals surface area contributed by atoms with Crippen LogP contribution in [-0.4, -0.2) is 61.1 Å². The molecule has 0 saturated carbocycles. The fourth-order valence-corrected chi connectivity index (χ4v) is 5.66. The van der Waals surface area contributed by atoms with Gasteiger partial charge in [-0.05, 0) is 68.2 Å². The van der Waals surface area contributed by atoms with E-state index in [0.29, 0.717) is 11.3 Å². The Morgan fingerprint density at radius 2 is 1.61 bits per heavy atom. The Bertz CT molecular complexity index is 1530. The maximum Gasteiger partial charge on any atom is 0.491 e. The number of nitrogens with zero attached hydrogens (tertiary/aromatic N) is 1. The standard InChI is InChI=1S/C34H35F3N2O6.H2S/c1-3-33(18-9-10-19-39(2)22-33)24-14-11-15-25(21-24)44-30(41)27-17-8-7-16-26(27)29(40)38-28(20-23-12-5-4-6-13-23)31(42)45-32(43)34(35,36)37;/h4-8,11-17,21,28H,3,9-10,18-20,22H2,1-2H3,(H,38,40);1H2/t28-,33?;/m0./s1. The summed E-state index contributed by atoms with van der Waals surface area (Å²) in [5.41, 5.74) is 1.11. The molecule has 1 unspecified atom stereocenters. The van der Waals surface area contributed by atoms with Crippen LogP contribution in [0.15, 0.2) is 78.9 Å². The predicted octanol–water partition coefficient (Wildman–Crippen LogP) is 5.76. The minimum absolute atomic E-state index is 0. The first kappa shape index (κ1) is 36.3. The lowest BCUT2D eigenvalue weighted by atomic mass is 9.74. The summed E-state index contributed by atoms with van der Waals surface area (Å²) in [6, 6.07) is 19.5. The van der Waals surface area contributed by atoms with Crippen molar-refractivity contribution in [1.29, 1.82) is 0 Å². The van der Waals surface area contributed by atoms with Crippen molar-refractivity contribution in [3.63, 3.8) is 0 Å². The molecule has 1 saturated heterocycles. The summed E-state index contributed by atoms with van der Waals surface area (Å²) in [5.74, 6) is -5.79. The van der Waals surface area contributed by atoms with Crippen LogP contribution in [0.4, 0.5) is 13.2 Å². The predicted molar refractivity (Wildman–Crippen MR) is 170 cm³/mol. The van der Waals surface area contributed by atoms with E-state index in [1.165, 1.54) is 24.3 Å². The molecule has 4 rings (SSSR count). The van der Waals surface area contributed by atoms with Crippen molar-refractivity contribution in [2.45, 2.75) is 56.7 Å². The van der Waals surface area contributed by atoms with Gasteiger partial charge in [-0.2, -0.15) is 26.7 Å². The van der Waals surface area contributed by atoms with Crippen molar-refractivity contribution in [3.05, 3.63) is 101 Å². The highest BCUT2D eigenvalue weighted by molar-refractivity contribution is 7.59. The Morgan fingerprint density at radius 1 is 0.935 bits per heavy atom. The van der Waals surface area contributed by atoms with Crippen LogP contribution in [-0.2, 0) is 26.2 Å². The Kier molecular flexibility index (Phi) is 12.6. The van der Waals surface area contributed by atoms with Crippen LogP contribution in [0.3, 0.4) is 0 Å². The molecule has 1 heterocycles. The van der Waals surface area contributed by atoms with E-state index in [4.69, 9.17) is 4.74 Å². The molecular weight excluding hydrogens is 621 g/mol. The summed E-state index contributed by atoms with van der Waals surface area (Å²) in [7, 11) is 2.10. The molecule has 1 fully saturated rings. The van der Waals surface area contributed by atoms with Gasteiger partial charge >= 0.3 is 24.1 Å². The van der Waals surface area contributed by atoms with Gasteiger partial charge in [0.2, 0.25) is 0 Å². The van der Waals surface area contributed by atoms with Gasteiger partial charge in [-0.1, -0.05) is 67.9 Å². The molecule has 0 bridgehead atoms. The number of amides is 1. The fourth-order valence-electron chi connectivity index (χ4n) is 5.66. The van der Waals surface area contributed by atoms with Gasteiger partial charge < -0.3 is 19.7 Å². The lowest BCUT2D eigenvalue weighted by Gasteiger charge is -2.35. The van der Waals surface area contributed by atoms with Gasteiger partial charge in [-0.25, -0.2) is 14.4 Å². The molecule has 0 spiro atoms. The van der Waals surface area contributed by atoms with E-state index in [9.17, 15) is 32.3 Å².